The largest absolute Gasteiger partial charge is 0.478 e. The van der Waals surface area contributed by atoms with Crippen LogP contribution in [0.3, 0.4) is 0 Å². The van der Waals surface area contributed by atoms with Crippen molar-refractivity contribution in [3.63, 3.8) is 0 Å². The van der Waals surface area contributed by atoms with Crippen molar-refractivity contribution in [1.82, 2.24) is 5.32 Å². The summed E-state index contributed by atoms with van der Waals surface area (Å²) in [6.07, 6.45) is 1.45. The van der Waals surface area contributed by atoms with Gasteiger partial charge < -0.3 is 14.8 Å². The van der Waals surface area contributed by atoms with Crippen LogP contribution in [-0.4, -0.2) is 23.0 Å². The number of carbonyl (C=O) groups is 3. The van der Waals surface area contributed by atoms with Crippen LogP contribution in [0.5, 0.6) is 0 Å². The van der Waals surface area contributed by atoms with Gasteiger partial charge in [-0.05, 0) is 48.9 Å². The fourth-order valence-corrected chi connectivity index (χ4v) is 3.08. The minimum Gasteiger partial charge on any atom is -0.478 e. The molecule has 4 rings (SSSR count). The molecule has 0 aliphatic carbocycles. The predicted molar refractivity (Wildman–Crippen MR) is 106 cm³/mol. The van der Waals surface area contributed by atoms with E-state index >= 15 is 0 Å². The second-order valence-electron chi connectivity index (χ2n) is 6.50. The molecule has 3 amide bonds. The van der Waals surface area contributed by atoms with Crippen molar-refractivity contribution < 1.29 is 23.9 Å². The molecule has 0 atom stereocenters. The number of aromatic carboxylic acids is 1. The zero-order chi connectivity index (χ0) is 20.5. The van der Waals surface area contributed by atoms with E-state index in [1.165, 1.54) is 18.2 Å². The first-order valence-electron chi connectivity index (χ1n) is 8.80. The number of aryl methyl sites for hydroxylation is 1. The first-order chi connectivity index (χ1) is 13.9. The Morgan fingerprint density at radius 1 is 1.07 bits per heavy atom. The summed E-state index contributed by atoms with van der Waals surface area (Å²) in [5.74, 6) is -0.684. The van der Waals surface area contributed by atoms with Gasteiger partial charge in [-0.25, -0.2) is 14.5 Å². The van der Waals surface area contributed by atoms with Gasteiger partial charge >= 0.3 is 12.0 Å². The number of carboxylic acid groups (broad SMARTS) is 1. The minimum atomic E-state index is -1.03. The standard InChI is InChI=1S/C22H16N2O5/c1-13-7-8-14(21(26)27)11-17(13)19-10-9-16(29-19)12-18-20(25)24(22(28)23-18)15-5-3-2-4-6-15/h2-12H,1H3,(H,23,28)(H,26,27)/b18-12+. The highest BCUT2D eigenvalue weighted by atomic mass is 16.4. The van der Waals surface area contributed by atoms with Crippen LogP contribution in [-0.2, 0) is 4.79 Å². The molecule has 2 heterocycles. The number of nitrogens with one attached hydrogen (secondary N) is 1. The molecular weight excluding hydrogens is 372 g/mol. The average Bonchev–Trinajstić information content (AvgIpc) is 3.27. The van der Waals surface area contributed by atoms with Crippen LogP contribution in [0.1, 0.15) is 21.7 Å². The molecule has 1 aliphatic heterocycles. The first kappa shape index (κ1) is 18.2. The Bertz CT molecular complexity index is 1160. The van der Waals surface area contributed by atoms with E-state index in [0.717, 1.165) is 10.5 Å². The maximum absolute atomic E-state index is 12.6. The Balaban J connectivity index is 1.64. The summed E-state index contributed by atoms with van der Waals surface area (Å²) in [6, 6.07) is 16.2. The lowest BCUT2D eigenvalue weighted by Crippen LogP contribution is -2.30. The molecule has 3 aromatic rings. The number of amides is 3. The molecule has 144 valence electrons. The summed E-state index contributed by atoms with van der Waals surface area (Å²) in [7, 11) is 0. The second-order valence-corrected chi connectivity index (χ2v) is 6.50. The maximum Gasteiger partial charge on any atom is 0.335 e. The highest BCUT2D eigenvalue weighted by molar-refractivity contribution is 6.28. The van der Waals surface area contributed by atoms with E-state index in [9.17, 15) is 19.5 Å². The lowest BCUT2D eigenvalue weighted by atomic mass is 10.0. The molecule has 1 aliphatic rings. The van der Waals surface area contributed by atoms with Crippen molar-refractivity contribution in [1.29, 1.82) is 0 Å². The lowest BCUT2D eigenvalue weighted by Gasteiger charge is -2.10. The number of carbonyl (C=O) groups excluding carboxylic acids is 2. The van der Waals surface area contributed by atoms with E-state index in [4.69, 9.17) is 4.42 Å². The van der Waals surface area contributed by atoms with Gasteiger partial charge in [-0.15, -0.1) is 0 Å². The van der Waals surface area contributed by atoms with Crippen LogP contribution < -0.4 is 10.2 Å². The molecule has 7 nitrogen and oxygen atoms in total. The molecule has 1 saturated heterocycles. The number of furan rings is 1. The quantitative estimate of drug-likeness (QED) is 0.519. The van der Waals surface area contributed by atoms with Gasteiger partial charge in [0.25, 0.3) is 5.91 Å². The highest BCUT2D eigenvalue weighted by Gasteiger charge is 2.34. The molecule has 1 aromatic heterocycles. The summed E-state index contributed by atoms with van der Waals surface area (Å²) in [4.78, 5) is 37.1. The number of hydrogen-bond acceptors (Lipinski definition) is 4. The van der Waals surface area contributed by atoms with Crippen LogP contribution in [0, 0.1) is 6.92 Å². The van der Waals surface area contributed by atoms with E-state index in [1.54, 1.807) is 48.5 Å². The molecule has 7 heteroatoms. The summed E-state index contributed by atoms with van der Waals surface area (Å²) in [5.41, 5.74) is 2.21. The fourth-order valence-electron chi connectivity index (χ4n) is 3.08. The zero-order valence-electron chi connectivity index (χ0n) is 15.4. The van der Waals surface area contributed by atoms with Crippen LogP contribution in [0.2, 0.25) is 0 Å². The molecule has 0 saturated carbocycles. The Morgan fingerprint density at radius 3 is 2.55 bits per heavy atom. The third-order valence-electron chi connectivity index (χ3n) is 4.56. The monoisotopic (exact) mass is 388 g/mol. The highest BCUT2D eigenvalue weighted by Crippen LogP contribution is 2.28. The lowest BCUT2D eigenvalue weighted by molar-refractivity contribution is -0.113. The molecule has 0 spiro atoms. The Kier molecular flexibility index (Phi) is 4.48. The number of hydrogen-bond donors (Lipinski definition) is 2. The Labute approximate surface area is 165 Å². The number of para-hydroxylation sites is 1. The molecular formula is C22H16N2O5. The summed E-state index contributed by atoms with van der Waals surface area (Å²) < 4.78 is 5.78. The minimum absolute atomic E-state index is 0.0933. The smallest absolute Gasteiger partial charge is 0.335 e. The summed E-state index contributed by atoms with van der Waals surface area (Å²) in [5, 5.41) is 11.7. The summed E-state index contributed by atoms with van der Waals surface area (Å²) in [6.45, 7) is 1.85. The van der Waals surface area contributed by atoms with Gasteiger partial charge in [-0.3, -0.25) is 4.79 Å². The van der Waals surface area contributed by atoms with E-state index < -0.39 is 17.9 Å². The van der Waals surface area contributed by atoms with Crippen molar-refractivity contribution in [2.24, 2.45) is 0 Å². The van der Waals surface area contributed by atoms with Gasteiger partial charge in [0.15, 0.2) is 0 Å². The molecule has 1 fully saturated rings. The van der Waals surface area contributed by atoms with Crippen LogP contribution in [0.25, 0.3) is 17.4 Å². The van der Waals surface area contributed by atoms with Crippen molar-refractivity contribution in [3.8, 4) is 11.3 Å². The van der Waals surface area contributed by atoms with Gasteiger partial charge in [0.2, 0.25) is 0 Å². The molecule has 0 bridgehead atoms. The average molecular weight is 388 g/mol. The molecule has 0 radical (unpaired) electrons. The van der Waals surface area contributed by atoms with Crippen LogP contribution >= 0.6 is 0 Å². The van der Waals surface area contributed by atoms with Gasteiger partial charge in [-0.1, -0.05) is 24.3 Å². The SMILES string of the molecule is Cc1ccc(C(=O)O)cc1-c1ccc(/C=C2/NC(=O)N(c3ccccc3)C2=O)o1. The topological polar surface area (TPSA) is 99.9 Å². The number of nitrogens with zero attached hydrogens (tertiary/aromatic N) is 1. The molecule has 0 unspecified atom stereocenters. The summed E-state index contributed by atoms with van der Waals surface area (Å²) >= 11 is 0. The van der Waals surface area contributed by atoms with Crippen molar-refractivity contribution in [2.45, 2.75) is 6.92 Å². The number of imide groups is 1. The fraction of sp³-hybridized carbons (Fsp3) is 0.0455. The van der Waals surface area contributed by atoms with Gasteiger partial charge in [-0.2, -0.15) is 0 Å². The first-order valence-corrected chi connectivity index (χ1v) is 8.80. The van der Waals surface area contributed by atoms with Crippen molar-refractivity contribution >= 4 is 29.7 Å². The number of rotatable bonds is 4. The molecule has 2 N–H and O–H groups in total. The zero-order valence-corrected chi connectivity index (χ0v) is 15.4. The maximum atomic E-state index is 12.6. The number of anilines is 1. The normalized spacial score (nSPS) is 15.1. The predicted octanol–water partition coefficient (Wildman–Crippen LogP) is 4.05. The van der Waals surface area contributed by atoms with Crippen molar-refractivity contribution in [2.75, 3.05) is 4.90 Å². The van der Waals surface area contributed by atoms with E-state index in [2.05, 4.69) is 5.32 Å². The molecule has 29 heavy (non-hydrogen) atoms. The van der Waals surface area contributed by atoms with E-state index in [1.807, 2.05) is 6.92 Å². The van der Waals surface area contributed by atoms with E-state index in [0.29, 0.717) is 22.8 Å². The number of carboxylic acids is 1. The third-order valence-corrected chi connectivity index (χ3v) is 4.56. The third kappa shape index (κ3) is 3.41. The molecule has 2 aromatic carbocycles. The van der Waals surface area contributed by atoms with Crippen LogP contribution in [0.15, 0.2) is 70.8 Å². The van der Waals surface area contributed by atoms with E-state index in [-0.39, 0.29) is 11.3 Å². The number of urea groups is 1. The Morgan fingerprint density at radius 2 is 1.83 bits per heavy atom. The van der Waals surface area contributed by atoms with Gasteiger partial charge in [0, 0.05) is 11.6 Å². The van der Waals surface area contributed by atoms with Crippen molar-refractivity contribution in [3.05, 3.63) is 83.2 Å². The number of benzene rings is 2. The Hall–Kier alpha value is -4.13. The van der Waals surface area contributed by atoms with Crippen LogP contribution in [0.4, 0.5) is 10.5 Å². The van der Waals surface area contributed by atoms with Gasteiger partial charge in [0.05, 0.1) is 11.3 Å². The van der Waals surface area contributed by atoms with Gasteiger partial charge in [0.1, 0.15) is 17.2 Å². The second kappa shape index (κ2) is 7.12.